The number of nitrogens with zero attached hydrogens (tertiary/aromatic N) is 1. The minimum Gasteiger partial charge on any atom is -0.390 e. The van der Waals surface area contributed by atoms with E-state index in [9.17, 15) is 5.11 Å². The standard InChI is InChI=1S/C13H18O.C3H5NO/c14-13(9-5-2-6-10-13)11-12-7-3-1-4-8-12;1-3-5-4-2/h1,3-4,7-8,14H,2,5-6,9-11H2;3H,1-2H2. The zero-order chi connectivity index (χ0) is 14.0. The molecule has 0 atom stereocenters. The van der Waals surface area contributed by atoms with Crippen molar-refractivity contribution in [3.8, 4) is 0 Å². The van der Waals surface area contributed by atoms with E-state index in [4.69, 9.17) is 0 Å². The smallest absolute Gasteiger partial charge is 0.114 e. The van der Waals surface area contributed by atoms with Crippen LogP contribution in [0.2, 0.25) is 0 Å². The molecule has 1 aliphatic carbocycles. The molecule has 0 bridgehead atoms. The van der Waals surface area contributed by atoms with E-state index in [0.717, 1.165) is 19.3 Å². The maximum Gasteiger partial charge on any atom is 0.114 e. The Balaban J connectivity index is 0.000000312. The molecular weight excluding hydrogens is 238 g/mol. The largest absolute Gasteiger partial charge is 0.390 e. The van der Waals surface area contributed by atoms with Gasteiger partial charge in [0.15, 0.2) is 0 Å². The molecule has 19 heavy (non-hydrogen) atoms. The first-order valence-electron chi connectivity index (χ1n) is 6.69. The third-order valence-corrected chi connectivity index (χ3v) is 3.31. The second kappa shape index (κ2) is 8.48. The number of hydrogen-bond donors (Lipinski definition) is 1. The molecule has 0 saturated heterocycles. The Labute approximate surface area is 115 Å². The summed E-state index contributed by atoms with van der Waals surface area (Å²) in [5.41, 5.74) is 0.844. The highest BCUT2D eigenvalue weighted by molar-refractivity contribution is 5.21. The highest BCUT2D eigenvalue weighted by Gasteiger charge is 2.28. The lowest BCUT2D eigenvalue weighted by Crippen LogP contribution is -2.33. The lowest BCUT2D eigenvalue weighted by molar-refractivity contribution is 0.00449. The van der Waals surface area contributed by atoms with Crippen molar-refractivity contribution in [3.05, 3.63) is 48.7 Å². The molecule has 1 saturated carbocycles. The Morgan fingerprint density at radius 1 is 1.21 bits per heavy atom. The minimum atomic E-state index is -0.417. The van der Waals surface area contributed by atoms with E-state index in [0.29, 0.717) is 0 Å². The molecule has 2 rings (SSSR count). The van der Waals surface area contributed by atoms with Crippen LogP contribution in [0.4, 0.5) is 0 Å². The lowest BCUT2D eigenvalue weighted by atomic mass is 9.80. The van der Waals surface area contributed by atoms with Crippen LogP contribution in [-0.2, 0) is 11.3 Å². The molecule has 1 aromatic carbocycles. The monoisotopic (exact) mass is 261 g/mol. The van der Waals surface area contributed by atoms with E-state index >= 15 is 0 Å². The summed E-state index contributed by atoms with van der Waals surface area (Å²) in [6.07, 6.45) is 7.63. The lowest BCUT2D eigenvalue weighted by Gasteiger charge is -2.32. The van der Waals surface area contributed by atoms with E-state index in [-0.39, 0.29) is 0 Å². The van der Waals surface area contributed by atoms with Gasteiger partial charge < -0.3 is 9.94 Å². The van der Waals surface area contributed by atoms with Gasteiger partial charge in [-0.2, -0.15) is 0 Å². The van der Waals surface area contributed by atoms with Crippen LogP contribution >= 0.6 is 0 Å². The predicted molar refractivity (Wildman–Crippen MR) is 79.0 cm³/mol. The van der Waals surface area contributed by atoms with Crippen LogP contribution in [0.5, 0.6) is 0 Å². The van der Waals surface area contributed by atoms with Crippen LogP contribution in [0.1, 0.15) is 37.7 Å². The Hall–Kier alpha value is -1.61. The van der Waals surface area contributed by atoms with E-state index in [1.807, 2.05) is 18.2 Å². The number of hydrogen-bond acceptors (Lipinski definition) is 3. The molecule has 0 radical (unpaired) electrons. The topological polar surface area (TPSA) is 41.8 Å². The average Bonchev–Trinajstić information content (AvgIpc) is 2.42. The summed E-state index contributed by atoms with van der Waals surface area (Å²) in [6, 6.07) is 10.3. The van der Waals surface area contributed by atoms with Crippen molar-refractivity contribution in [1.82, 2.24) is 0 Å². The van der Waals surface area contributed by atoms with E-state index in [2.05, 4.69) is 35.4 Å². The first-order chi connectivity index (χ1) is 9.20. The van der Waals surface area contributed by atoms with Crippen molar-refractivity contribution >= 4 is 6.72 Å². The Bertz CT molecular complexity index is 364. The van der Waals surface area contributed by atoms with Crippen LogP contribution in [0.25, 0.3) is 0 Å². The molecular formula is C16H23NO2. The minimum absolute atomic E-state index is 0.417. The fourth-order valence-corrected chi connectivity index (χ4v) is 2.42. The van der Waals surface area contributed by atoms with Crippen LogP contribution in [0.3, 0.4) is 0 Å². The van der Waals surface area contributed by atoms with Crippen LogP contribution in [0, 0.1) is 0 Å². The first-order valence-corrected chi connectivity index (χ1v) is 6.69. The molecule has 0 spiro atoms. The van der Waals surface area contributed by atoms with Gasteiger partial charge in [-0.15, -0.1) is 0 Å². The molecule has 0 aromatic heterocycles. The quantitative estimate of drug-likeness (QED) is 0.510. The van der Waals surface area contributed by atoms with Crippen molar-refractivity contribution in [3.63, 3.8) is 0 Å². The van der Waals surface area contributed by atoms with Crippen molar-refractivity contribution in [1.29, 1.82) is 0 Å². The first kappa shape index (κ1) is 15.4. The summed E-state index contributed by atoms with van der Waals surface area (Å²) in [7, 11) is 0. The number of oxime groups is 1. The maximum atomic E-state index is 10.3. The van der Waals surface area contributed by atoms with Gasteiger partial charge in [0.1, 0.15) is 6.26 Å². The Kier molecular flexibility index (Phi) is 6.90. The third-order valence-electron chi connectivity index (χ3n) is 3.31. The Morgan fingerprint density at radius 3 is 2.32 bits per heavy atom. The van der Waals surface area contributed by atoms with Crippen LogP contribution < -0.4 is 0 Å². The summed E-state index contributed by atoms with van der Waals surface area (Å²) in [5.74, 6) is 0. The van der Waals surface area contributed by atoms with Gasteiger partial charge in [-0.1, -0.05) is 61.3 Å². The normalized spacial score (nSPS) is 16.7. The molecule has 3 nitrogen and oxygen atoms in total. The maximum absolute atomic E-state index is 10.3. The predicted octanol–water partition coefficient (Wildman–Crippen LogP) is 3.69. The van der Waals surface area contributed by atoms with Crippen molar-refractivity contribution in [2.24, 2.45) is 5.16 Å². The Morgan fingerprint density at radius 2 is 1.84 bits per heavy atom. The average molecular weight is 261 g/mol. The van der Waals surface area contributed by atoms with Gasteiger partial charge in [0.25, 0.3) is 0 Å². The van der Waals surface area contributed by atoms with Crippen molar-refractivity contribution in [2.75, 3.05) is 0 Å². The fraction of sp³-hybridized carbons (Fsp3) is 0.438. The second-order valence-corrected chi connectivity index (χ2v) is 4.85. The van der Waals surface area contributed by atoms with Gasteiger partial charge in [-0.05, 0) is 18.4 Å². The molecule has 0 heterocycles. The summed E-state index contributed by atoms with van der Waals surface area (Å²) < 4.78 is 0. The molecule has 3 heteroatoms. The van der Waals surface area contributed by atoms with E-state index < -0.39 is 5.60 Å². The summed E-state index contributed by atoms with van der Waals surface area (Å²) in [5, 5.41) is 13.3. The van der Waals surface area contributed by atoms with Crippen molar-refractivity contribution in [2.45, 2.75) is 44.1 Å². The molecule has 104 valence electrons. The van der Waals surface area contributed by atoms with Gasteiger partial charge in [-0.3, -0.25) is 0 Å². The fourth-order valence-electron chi connectivity index (χ4n) is 2.42. The van der Waals surface area contributed by atoms with Gasteiger partial charge in [-0.25, -0.2) is 0 Å². The molecule has 0 unspecified atom stereocenters. The number of benzene rings is 1. The van der Waals surface area contributed by atoms with Crippen LogP contribution in [-0.4, -0.2) is 17.4 Å². The number of aliphatic hydroxyl groups is 1. The molecule has 0 amide bonds. The van der Waals surface area contributed by atoms with E-state index in [1.165, 1.54) is 31.1 Å². The molecule has 1 aromatic rings. The van der Waals surface area contributed by atoms with Gasteiger partial charge >= 0.3 is 0 Å². The zero-order valence-corrected chi connectivity index (χ0v) is 11.4. The third kappa shape index (κ3) is 6.20. The highest BCUT2D eigenvalue weighted by atomic mass is 16.6. The summed E-state index contributed by atoms with van der Waals surface area (Å²) >= 11 is 0. The van der Waals surface area contributed by atoms with Crippen molar-refractivity contribution < 1.29 is 9.94 Å². The second-order valence-electron chi connectivity index (χ2n) is 4.85. The van der Waals surface area contributed by atoms with Crippen LogP contribution in [0.15, 0.2) is 48.3 Å². The zero-order valence-electron chi connectivity index (χ0n) is 11.4. The highest BCUT2D eigenvalue weighted by Crippen LogP contribution is 2.30. The van der Waals surface area contributed by atoms with Gasteiger partial charge in [0.2, 0.25) is 0 Å². The molecule has 1 fully saturated rings. The summed E-state index contributed by atoms with van der Waals surface area (Å²) in [6.45, 7) is 6.20. The summed E-state index contributed by atoms with van der Waals surface area (Å²) in [4.78, 5) is 4.11. The van der Waals surface area contributed by atoms with Gasteiger partial charge in [0, 0.05) is 13.1 Å². The van der Waals surface area contributed by atoms with Gasteiger partial charge in [0.05, 0.1) is 5.60 Å². The molecule has 0 aliphatic heterocycles. The number of rotatable bonds is 4. The van der Waals surface area contributed by atoms with E-state index in [1.54, 1.807) is 0 Å². The molecule has 1 N–H and O–H groups in total. The SMILES string of the molecule is C=CON=C.OC1(Cc2ccccc2)CCCCC1. The molecule has 1 aliphatic rings.